The van der Waals surface area contributed by atoms with Crippen LogP contribution in [0.1, 0.15) is 12.5 Å². The Labute approximate surface area is 121 Å². The molecule has 112 valence electrons. The Morgan fingerprint density at radius 1 is 1.40 bits per heavy atom. The second-order valence-corrected chi connectivity index (χ2v) is 5.11. The highest BCUT2D eigenvalue weighted by Crippen LogP contribution is 2.17. The third-order valence-electron chi connectivity index (χ3n) is 3.02. The molecule has 0 aliphatic rings. The van der Waals surface area contributed by atoms with Gasteiger partial charge in [-0.2, -0.15) is 0 Å². The van der Waals surface area contributed by atoms with E-state index in [0.717, 1.165) is 17.9 Å². The van der Waals surface area contributed by atoms with Gasteiger partial charge in [-0.1, -0.05) is 25.1 Å². The topological polar surface area (TPSA) is 67.6 Å². The van der Waals surface area contributed by atoms with E-state index in [1.807, 2.05) is 45.3 Å². The normalized spacial score (nSPS) is 12.2. The molecule has 0 aliphatic heterocycles. The van der Waals surface area contributed by atoms with Crippen LogP contribution in [0.25, 0.3) is 0 Å². The fraction of sp³-hybridized carbons (Fsp3) is 0.533. The van der Waals surface area contributed by atoms with Crippen molar-refractivity contribution in [2.45, 2.75) is 13.5 Å². The standard InChI is InChI=1S/C15H25N3O2/c1-12(10-16)15(19)17-11-13-6-4-5-7-14(13)20-9-8-18(2)3/h4-7,12H,8-11,16H2,1-3H3,(H,17,19). The first-order chi connectivity index (χ1) is 9.54. The van der Waals surface area contributed by atoms with Gasteiger partial charge in [0.05, 0.1) is 0 Å². The molecule has 5 heteroatoms. The molecule has 1 aromatic carbocycles. The lowest BCUT2D eigenvalue weighted by Crippen LogP contribution is -2.32. The van der Waals surface area contributed by atoms with Crippen LogP contribution in [0.3, 0.4) is 0 Å². The molecular weight excluding hydrogens is 254 g/mol. The van der Waals surface area contributed by atoms with Crippen molar-refractivity contribution in [2.75, 3.05) is 33.8 Å². The zero-order valence-corrected chi connectivity index (χ0v) is 12.6. The summed E-state index contributed by atoms with van der Waals surface area (Å²) in [6.45, 7) is 4.10. The number of para-hydroxylation sites is 1. The fourth-order valence-corrected chi connectivity index (χ4v) is 1.59. The first-order valence-corrected chi connectivity index (χ1v) is 6.87. The van der Waals surface area contributed by atoms with Crippen LogP contribution in [0.4, 0.5) is 0 Å². The molecule has 0 saturated heterocycles. The summed E-state index contributed by atoms with van der Waals surface area (Å²) in [7, 11) is 4.01. The minimum absolute atomic E-state index is 0.0319. The monoisotopic (exact) mass is 279 g/mol. The van der Waals surface area contributed by atoms with Crippen LogP contribution in [-0.4, -0.2) is 44.6 Å². The molecule has 20 heavy (non-hydrogen) atoms. The zero-order valence-electron chi connectivity index (χ0n) is 12.6. The van der Waals surface area contributed by atoms with Crippen LogP contribution in [0, 0.1) is 5.92 Å². The molecule has 0 aliphatic carbocycles. The average molecular weight is 279 g/mol. The minimum Gasteiger partial charge on any atom is -0.492 e. The predicted molar refractivity (Wildman–Crippen MR) is 80.6 cm³/mol. The molecule has 0 saturated carbocycles. The molecule has 0 fully saturated rings. The number of ether oxygens (including phenoxy) is 1. The number of nitrogens with zero attached hydrogens (tertiary/aromatic N) is 1. The molecule has 1 amide bonds. The summed E-state index contributed by atoms with van der Waals surface area (Å²) in [6, 6.07) is 7.74. The number of carbonyl (C=O) groups excluding carboxylic acids is 1. The fourth-order valence-electron chi connectivity index (χ4n) is 1.59. The van der Waals surface area contributed by atoms with Crippen molar-refractivity contribution in [3.63, 3.8) is 0 Å². The van der Waals surface area contributed by atoms with Gasteiger partial charge in [0.25, 0.3) is 0 Å². The van der Waals surface area contributed by atoms with Crippen molar-refractivity contribution in [3.05, 3.63) is 29.8 Å². The van der Waals surface area contributed by atoms with Gasteiger partial charge in [0.2, 0.25) is 5.91 Å². The molecule has 3 N–H and O–H groups in total. The van der Waals surface area contributed by atoms with E-state index in [9.17, 15) is 4.79 Å². The van der Waals surface area contributed by atoms with Crippen molar-refractivity contribution >= 4 is 5.91 Å². The Balaban J connectivity index is 2.54. The van der Waals surface area contributed by atoms with Gasteiger partial charge in [-0.15, -0.1) is 0 Å². The number of nitrogens with two attached hydrogens (primary N) is 1. The number of hydrogen-bond acceptors (Lipinski definition) is 4. The molecule has 1 rings (SSSR count). The Kier molecular flexibility index (Phi) is 7.04. The van der Waals surface area contributed by atoms with E-state index < -0.39 is 0 Å². The van der Waals surface area contributed by atoms with Gasteiger partial charge >= 0.3 is 0 Å². The van der Waals surface area contributed by atoms with E-state index in [1.54, 1.807) is 0 Å². The highest BCUT2D eigenvalue weighted by molar-refractivity contribution is 5.78. The second kappa shape index (κ2) is 8.55. The summed E-state index contributed by atoms with van der Waals surface area (Å²) < 4.78 is 5.75. The summed E-state index contributed by atoms with van der Waals surface area (Å²) >= 11 is 0. The Hall–Kier alpha value is -1.59. The Morgan fingerprint density at radius 3 is 2.75 bits per heavy atom. The maximum Gasteiger partial charge on any atom is 0.224 e. The van der Waals surface area contributed by atoms with Crippen molar-refractivity contribution in [1.29, 1.82) is 0 Å². The highest BCUT2D eigenvalue weighted by Gasteiger charge is 2.11. The van der Waals surface area contributed by atoms with Gasteiger partial charge in [0.15, 0.2) is 0 Å². The number of carbonyl (C=O) groups is 1. The Bertz CT molecular complexity index is 421. The molecular formula is C15H25N3O2. The van der Waals surface area contributed by atoms with E-state index in [4.69, 9.17) is 10.5 Å². The molecule has 1 aromatic rings. The quantitative estimate of drug-likeness (QED) is 0.740. The van der Waals surface area contributed by atoms with E-state index >= 15 is 0 Å². The van der Waals surface area contributed by atoms with E-state index in [-0.39, 0.29) is 11.8 Å². The molecule has 0 heterocycles. The van der Waals surface area contributed by atoms with Crippen LogP contribution in [0.5, 0.6) is 5.75 Å². The smallest absolute Gasteiger partial charge is 0.224 e. The van der Waals surface area contributed by atoms with Crippen LogP contribution in [0.15, 0.2) is 24.3 Å². The van der Waals surface area contributed by atoms with Gasteiger partial charge in [-0.3, -0.25) is 4.79 Å². The van der Waals surface area contributed by atoms with Crippen molar-refractivity contribution in [3.8, 4) is 5.75 Å². The summed E-state index contributed by atoms with van der Waals surface area (Å²) in [6.07, 6.45) is 0. The van der Waals surface area contributed by atoms with Gasteiger partial charge in [-0.05, 0) is 20.2 Å². The summed E-state index contributed by atoms with van der Waals surface area (Å²) in [5.41, 5.74) is 6.45. The third kappa shape index (κ3) is 5.59. The molecule has 0 radical (unpaired) electrons. The first-order valence-electron chi connectivity index (χ1n) is 6.87. The van der Waals surface area contributed by atoms with E-state index in [1.165, 1.54) is 0 Å². The SMILES string of the molecule is CC(CN)C(=O)NCc1ccccc1OCCN(C)C. The molecule has 0 aromatic heterocycles. The maximum atomic E-state index is 11.7. The van der Waals surface area contributed by atoms with Gasteiger partial charge in [0, 0.05) is 31.1 Å². The average Bonchev–Trinajstić information content (AvgIpc) is 2.44. The minimum atomic E-state index is -0.170. The molecule has 0 spiro atoms. The molecule has 1 unspecified atom stereocenters. The second-order valence-electron chi connectivity index (χ2n) is 5.11. The zero-order chi connectivity index (χ0) is 15.0. The molecule has 0 bridgehead atoms. The number of likely N-dealkylation sites (N-methyl/N-ethyl adjacent to an activating group) is 1. The van der Waals surface area contributed by atoms with Crippen LogP contribution >= 0.6 is 0 Å². The van der Waals surface area contributed by atoms with Crippen LogP contribution in [0.2, 0.25) is 0 Å². The number of benzene rings is 1. The lowest BCUT2D eigenvalue weighted by Gasteiger charge is -2.15. The van der Waals surface area contributed by atoms with Crippen molar-refractivity contribution < 1.29 is 9.53 Å². The number of hydrogen-bond donors (Lipinski definition) is 2. The van der Waals surface area contributed by atoms with Gasteiger partial charge in [-0.25, -0.2) is 0 Å². The summed E-state index contributed by atoms with van der Waals surface area (Å²) in [5, 5.41) is 2.88. The largest absolute Gasteiger partial charge is 0.492 e. The van der Waals surface area contributed by atoms with Crippen LogP contribution in [-0.2, 0) is 11.3 Å². The van der Waals surface area contributed by atoms with Crippen molar-refractivity contribution in [1.82, 2.24) is 10.2 Å². The summed E-state index contributed by atoms with van der Waals surface area (Å²) in [4.78, 5) is 13.8. The van der Waals surface area contributed by atoms with Gasteiger partial charge < -0.3 is 20.7 Å². The van der Waals surface area contributed by atoms with E-state index in [2.05, 4.69) is 10.2 Å². The number of amides is 1. The lowest BCUT2D eigenvalue weighted by atomic mass is 10.1. The van der Waals surface area contributed by atoms with Gasteiger partial charge in [0.1, 0.15) is 12.4 Å². The molecule has 1 atom stereocenters. The number of rotatable bonds is 8. The lowest BCUT2D eigenvalue weighted by molar-refractivity contribution is -0.124. The molecule has 5 nitrogen and oxygen atoms in total. The first kappa shape index (κ1) is 16.5. The van der Waals surface area contributed by atoms with Crippen LogP contribution < -0.4 is 15.8 Å². The predicted octanol–water partition coefficient (Wildman–Crippen LogP) is 0.838. The van der Waals surface area contributed by atoms with E-state index in [0.29, 0.717) is 19.7 Å². The maximum absolute atomic E-state index is 11.7. The number of nitrogens with one attached hydrogen (secondary N) is 1. The summed E-state index contributed by atoms with van der Waals surface area (Å²) in [5.74, 6) is 0.613. The highest BCUT2D eigenvalue weighted by atomic mass is 16.5. The van der Waals surface area contributed by atoms with Crippen molar-refractivity contribution in [2.24, 2.45) is 11.7 Å². The third-order valence-corrected chi connectivity index (χ3v) is 3.02. The Morgan fingerprint density at radius 2 is 2.10 bits per heavy atom.